The van der Waals surface area contributed by atoms with E-state index in [1.807, 2.05) is 16.9 Å². The second-order valence-electron chi connectivity index (χ2n) is 6.50. The first-order valence-electron chi connectivity index (χ1n) is 8.66. The second kappa shape index (κ2) is 7.61. The van der Waals surface area contributed by atoms with Crippen LogP contribution in [0.25, 0.3) is 0 Å². The quantitative estimate of drug-likeness (QED) is 0.813. The minimum atomic E-state index is -2.89. The van der Waals surface area contributed by atoms with Gasteiger partial charge in [-0.1, -0.05) is 0 Å². The number of amides is 1. The van der Waals surface area contributed by atoms with Gasteiger partial charge in [0.1, 0.15) is 18.0 Å². The van der Waals surface area contributed by atoms with E-state index in [0.29, 0.717) is 31.9 Å². The number of hydrogen-bond acceptors (Lipinski definition) is 5. The summed E-state index contributed by atoms with van der Waals surface area (Å²) in [5.41, 5.74) is 0.405. The molecular weight excluding hydrogens is 360 g/mol. The van der Waals surface area contributed by atoms with Crippen LogP contribution in [-0.2, 0) is 9.47 Å². The average molecular weight is 379 g/mol. The van der Waals surface area contributed by atoms with Crippen molar-refractivity contribution in [1.29, 1.82) is 0 Å². The van der Waals surface area contributed by atoms with Crippen LogP contribution in [0.1, 0.15) is 16.4 Å². The van der Waals surface area contributed by atoms with Crippen LogP contribution in [0.15, 0.2) is 42.7 Å². The number of carbonyl (C=O) groups excluding carboxylic acids is 1. The van der Waals surface area contributed by atoms with Gasteiger partial charge in [0.2, 0.25) is 0 Å². The predicted octanol–water partition coefficient (Wildman–Crippen LogP) is 1.97. The topological polar surface area (TPSA) is 65.8 Å². The minimum absolute atomic E-state index is 0.0112. The Bertz CT molecular complexity index is 753. The Morgan fingerprint density at radius 3 is 2.37 bits per heavy atom. The highest BCUT2D eigenvalue weighted by atomic mass is 19.3. The minimum Gasteiger partial charge on any atom is -0.435 e. The summed E-state index contributed by atoms with van der Waals surface area (Å²) >= 11 is 0. The van der Waals surface area contributed by atoms with Gasteiger partial charge in [-0.2, -0.15) is 13.9 Å². The van der Waals surface area contributed by atoms with Crippen molar-refractivity contribution < 1.29 is 27.8 Å². The molecule has 0 bridgehead atoms. The predicted molar refractivity (Wildman–Crippen MR) is 89.7 cm³/mol. The van der Waals surface area contributed by atoms with E-state index in [1.54, 1.807) is 11.1 Å². The zero-order chi connectivity index (χ0) is 18.8. The molecule has 0 aliphatic carbocycles. The highest BCUT2D eigenvalue weighted by Gasteiger charge is 2.39. The summed E-state index contributed by atoms with van der Waals surface area (Å²) < 4.78 is 42.5. The number of nitrogens with zero attached hydrogens (tertiary/aromatic N) is 3. The lowest BCUT2D eigenvalue weighted by Crippen LogP contribution is -2.31. The van der Waals surface area contributed by atoms with E-state index in [4.69, 9.17) is 9.47 Å². The number of benzene rings is 1. The third-order valence-corrected chi connectivity index (χ3v) is 4.73. The molecule has 144 valence electrons. The van der Waals surface area contributed by atoms with E-state index in [2.05, 4.69) is 9.84 Å². The summed E-state index contributed by atoms with van der Waals surface area (Å²) in [5, 5.41) is 4.22. The maximum atomic E-state index is 12.7. The summed E-state index contributed by atoms with van der Waals surface area (Å²) in [7, 11) is 0. The molecule has 0 radical (unpaired) electrons. The normalized spacial score (nSPS) is 23.3. The van der Waals surface area contributed by atoms with E-state index >= 15 is 0 Å². The largest absolute Gasteiger partial charge is 0.435 e. The van der Waals surface area contributed by atoms with Crippen LogP contribution >= 0.6 is 0 Å². The molecule has 2 aliphatic rings. The molecule has 2 atom stereocenters. The molecule has 0 N–H and O–H groups in total. The van der Waals surface area contributed by atoms with E-state index in [9.17, 15) is 13.6 Å². The molecule has 0 spiro atoms. The van der Waals surface area contributed by atoms with Crippen molar-refractivity contribution >= 4 is 5.91 Å². The van der Waals surface area contributed by atoms with E-state index < -0.39 is 6.61 Å². The first-order valence-corrected chi connectivity index (χ1v) is 8.66. The van der Waals surface area contributed by atoms with Gasteiger partial charge >= 0.3 is 6.61 Å². The zero-order valence-corrected chi connectivity index (χ0v) is 14.4. The van der Waals surface area contributed by atoms with Crippen LogP contribution in [0.5, 0.6) is 5.75 Å². The lowest BCUT2D eigenvalue weighted by molar-refractivity contribution is -0.0498. The smallest absolute Gasteiger partial charge is 0.387 e. The van der Waals surface area contributed by atoms with Gasteiger partial charge in [0.15, 0.2) is 0 Å². The molecule has 1 aromatic carbocycles. The molecule has 2 aliphatic heterocycles. The summed E-state index contributed by atoms with van der Waals surface area (Å²) in [5.74, 6) is -0.174. The Balaban J connectivity index is 1.36. The fourth-order valence-corrected chi connectivity index (χ4v) is 3.36. The summed E-state index contributed by atoms with van der Waals surface area (Å²) in [6.07, 6.45) is 3.19. The fraction of sp³-hybridized carbons (Fsp3) is 0.444. The molecule has 3 heterocycles. The van der Waals surface area contributed by atoms with Crippen molar-refractivity contribution in [2.45, 2.75) is 24.9 Å². The van der Waals surface area contributed by atoms with Crippen LogP contribution in [-0.4, -0.2) is 65.7 Å². The first kappa shape index (κ1) is 17.9. The van der Waals surface area contributed by atoms with Gasteiger partial charge in [-0.25, -0.2) is 0 Å². The number of halogens is 2. The number of fused-ring (bicyclic) bond motifs is 1. The van der Waals surface area contributed by atoms with Crippen molar-refractivity contribution in [1.82, 2.24) is 14.7 Å². The van der Waals surface area contributed by atoms with Crippen LogP contribution in [0.3, 0.4) is 0 Å². The lowest BCUT2D eigenvalue weighted by atomic mass is 10.2. The third-order valence-electron chi connectivity index (χ3n) is 4.73. The van der Waals surface area contributed by atoms with Crippen molar-refractivity contribution in [3.8, 4) is 5.75 Å². The number of ether oxygens (including phenoxy) is 3. The van der Waals surface area contributed by atoms with Gasteiger partial charge in [-0.15, -0.1) is 0 Å². The number of hydrogen-bond donors (Lipinski definition) is 0. The van der Waals surface area contributed by atoms with E-state index in [0.717, 1.165) is 0 Å². The van der Waals surface area contributed by atoms with Crippen LogP contribution in [0.2, 0.25) is 0 Å². The summed E-state index contributed by atoms with van der Waals surface area (Å²) in [6, 6.07) is 7.53. The zero-order valence-electron chi connectivity index (χ0n) is 14.4. The average Bonchev–Trinajstić information content (AvgIpc) is 3.29. The maximum absolute atomic E-state index is 12.7. The monoisotopic (exact) mass is 379 g/mol. The van der Waals surface area contributed by atoms with Crippen molar-refractivity contribution in [3.05, 3.63) is 48.3 Å². The van der Waals surface area contributed by atoms with Gasteiger partial charge in [0.05, 0.1) is 19.3 Å². The molecule has 2 fully saturated rings. The second-order valence-corrected chi connectivity index (χ2v) is 6.50. The van der Waals surface area contributed by atoms with Gasteiger partial charge in [-0.05, 0) is 30.3 Å². The standard InChI is InChI=1S/C18H19F2N3O4/c19-18(20)27-14-4-2-12(3-5-14)17(24)22-8-15-16(9-22)26-11-13(10-25-15)23-7-1-6-21-23/h1-7,13,15-16,18H,8-11H2/t15-,16-/m0/s1. The van der Waals surface area contributed by atoms with E-state index in [1.165, 1.54) is 24.3 Å². The van der Waals surface area contributed by atoms with Gasteiger partial charge in [-0.3, -0.25) is 9.48 Å². The summed E-state index contributed by atoms with van der Waals surface area (Å²) in [4.78, 5) is 14.3. The van der Waals surface area contributed by atoms with Gasteiger partial charge < -0.3 is 19.1 Å². The number of aromatic nitrogens is 2. The Morgan fingerprint density at radius 1 is 1.15 bits per heavy atom. The number of rotatable bonds is 4. The number of carbonyl (C=O) groups is 1. The van der Waals surface area contributed by atoms with Crippen LogP contribution < -0.4 is 4.74 Å². The van der Waals surface area contributed by atoms with Crippen molar-refractivity contribution in [2.75, 3.05) is 26.3 Å². The molecule has 2 aromatic rings. The Hall–Kier alpha value is -2.52. The van der Waals surface area contributed by atoms with E-state index in [-0.39, 0.29) is 29.9 Å². The molecule has 0 unspecified atom stereocenters. The lowest BCUT2D eigenvalue weighted by Gasteiger charge is -2.19. The number of likely N-dealkylation sites (tertiary alicyclic amines) is 1. The highest BCUT2D eigenvalue weighted by molar-refractivity contribution is 5.94. The van der Waals surface area contributed by atoms with Gasteiger partial charge in [0.25, 0.3) is 5.91 Å². The molecule has 7 nitrogen and oxygen atoms in total. The van der Waals surface area contributed by atoms with Gasteiger partial charge in [0, 0.05) is 31.0 Å². The maximum Gasteiger partial charge on any atom is 0.387 e. The molecule has 0 saturated carbocycles. The molecule has 9 heteroatoms. The molecule has 1 amide bonds. The fourth-order valence-electron chi connectivity index (χ4n) is 3.36. The Labute approximate surface area is 154 Å². The Morgan fingerprint density at radius 2 is 1.81 bits per heavy atom. The molecule has 1 aromatic heterocycles. The number of alkyl halides is 2. The highest BCUT2D eigenvalue weighted by Crippen LogP contribution is 2.25. The molecule has 2 saturated heterocycles. The van der Waals surface area contributed by atoms with Crippen molar-refractivity contribution in [3.63, 3.8) is 0 Å². The molecular formula is C18H19F2N3O4. The molecule has 27 heavy (non-hydrogen) atoms. The SMILES string of the molecule is O=C(c1ccc(OC(F)F)cc1)N1C[C@@H]2OCC(n3cccn3)CO[C@H]2C1. The first-order chi connectivity index (χ1) is 13.1. The van der Waals surface area contributed by atoms with Crippen LogP contribution in [0.4, 0.5) is 8.78 Å². The van der Waals surface area contributed by atoms with Crippen LogP contribution in [0, 0.1) is 0 Å². The summed E-state index contributed by atoms with van der Waals surface area (Å²) in [6.45, 7) is -1.12. The van der Waals surface area contributed by atoms with Crippen molar-refractivity contribution in [2.24, 2.45) is 0 Å². The third kappa shape index (κ3) is 3.93. The molecule has 4 rings (SSSR count). The Kier molecular flexibility index (Phi) is 5.04.